The highest BCUT2D eigenvalue weighted by atomic mass is 16.5. The number of carbonyl (C=O) groups is 1. The number of ether oxygens (including phenoxy) is 1. The lowest BCUT2D eigenvalue weighted by molar-refractivity contribution is -0.144. The van der Waals surface area contributed by atoms with Crippen molar-refractivity contribution in [3.05, 3.63) is 29.8 Å². The summed E-state index contributed by atoms with van der Waals surface area (Å²) in [6.45, 7) is 1.96. The van der Waals surface area contributed by atoms with Crippen molar-refractivity contribution >= 4 is 6.29 Å². The van der Waals surface area contributed by atoms with Crippen LogP contribution in [0.5, 0.6) is 5.75 Å². The number of hydrogen-bond donors (Lipinski definition) is 1. The van der Waals surface area contributed by atoms with Crippen LogP contribution in [-0.2, 0) is 11.3 Å². The van der Waals surface area contributed by atoms with Gasteiger partial charge in [-0.3, -0.25) is 0 Å². The molecular formula is C11H15NO3. The van der Waals surface area contributed by atoms with Crippen LogP contribution < -0.4 is 4.74 Å². The molecule has 0 spiro atoms. The summed E-state index contributed by atoms with van der Waals surface area (Å²) >= 11 is 0. The van der Waals surface area contributed by atoms with Gasteiger partial charge in [0.25, 0.3) is 0 Å². The van der Waals surface area contributed by atoms with Crippen LogP contribution in [0, 0.1) is 0 Å². The van der Waals surface area contributed by atoms with E-state index in [1.54, 1.807) is 14.0 Å². The SMILES string of the molecule is COc1ccc(CN(O)[C@@H](C)C=O)cc1. The lowest BCUT2D eigenvalue weighted by Gasteiger charge is -2.17. The summed E-state index contributed by atoms with van der Waals surface area (Å²) in [7, 11) is 1.60. The first-order chi connectivity index (χ1) is 7.17. The molecule has 1 aromatic rings. The molecule has 0 saturated heterocycles. The monoisotopic (exact) mass is 209 g/mol. The molecule has 0 fully saturated rings. The van der Waals surface area contributed by atoms with Gasteiger partial charge in [0.2, 0.25) is 0 Å². The Morgan fingerprint density at radius 1 is 1.47 bits per heavy atom. The van der Waals surface area contributed by atoms with E-state index >= 15 is 0 Å². The van der Waals surface area contributed by atoms with Gasteiger partial charge in [0, 0.05) is 6.54 Å². The van der Waals surface area contributed by atoms with Crippen molar-refractivity contribution in [3.63, 3.8) is 0 Å². The van der Waals surface area contributed by atoms with Gasteiger partial charge in [0.15, 0.2) is 0 Å². The van der Waals surface area contributed by atoms with E-state index < -0.39 is 6.04 Å². The number of benzene rings is 1. The first-order valence-electron chi connectivity index (χ1n) is 4.71. The van der Waals surface area contributed by atoms with Crippen molar-refractivity contribution in [2.75, 3.05) is 7.11 Å². The smallest absolute Gasteiger partial charge is 0.139 e. The summed E-state index contributed by atoms with van der Waals surface area (Å²) in [5, 5.41) is 10.5. The van der Waals surface area contributed by atoms with E-state index in [1.165, 1.54) is 0 Å². The Kier molecular flexibility index (Phi) is 4.27. The average Bonchev–Trinajstić information content (AvgIpc) is 2.29. The minimum atomic E-state index is -0.493. The molecule has 1 atom stereocenters. The van der Waals surface area contributed by atoms with Gasteiger partial charge in [0.1, 0.15) is 12.0 Å². The molecule has 0 amide bonds. The molecule has 0 bridgehead atoms. The van der Waals surface area contributed by atoms with Crippen LogP contribution >= 0.6 is 0 Å². The van der Waals surface area contributed by atoms with Crippen LogP contribution in [0.25, 0.3) is 0 Å². The number of hydrogen-bond acceptors (Lipinski definition) is 4. The van der Waals surface area contributed by atoms with Crippen LogP contribution in [0.15, 0.2) is 24.3 Å². The van der Waals surface area contributed by atoms with Gasteiger partial charge in [-0.1, -0.05) is 12.1 Å². The number of carbonyl (C=O) groups excluding carboxylic acids is 1. The number of hydroxylamine groups is 2. The average molecular weight is 209 g/mol. The topological polar surface area (TPSA) is 49.8 Å². The summed E-state index contributed by atoms with van der Waals surface area (Å²) in [4.78, 5) is 10.4. The second kappa shape index (κ2) is 5.48. The Morgan fingerprint density at radius 2 is 2.07 bits per heavy atom. The zero-order valence-electron chi connectivity index (χ0n) is 8.88. The van der Waals surface area contributed by atoms with Crippen molar-refractivity contribution in [1.82, 2.24) is 5.06 Å². The molecule has 0 aromatic heterocycles. The molecule has 15 heavy (non-hydrogen) atoms. The molecule has 82 valence electrons. The molecule has 0 aliphatic carbocycles. The molecule has 0 unspecified atom stereocenters. The first kappa shape index (κ1) is 11.7. The molecule has 0 aliphatic rings. The maximum absolute atomic E-state index is 10.4. The van der Waals surface area contributed by atoms with Crippen LogP contribution in [0.3, 0.4) is 0 Å². The number of nitrogens with zero attached hydrogens (tertiary/aromatic N) is 1. The van der Waals surface area contributed by atoms with Gasteiger partial charge in [0.05, 0.1) is 13.2 Å². The van der Waals surface area contributed by atoms with Gasteiger partial charge in [-0.25, -0.2) is 0 Å². The van der Waals surface area contributed by atoms with Crippen molar-refractivity contribution in [2.24, 2.45) is 0 Å². The maximum Gasteiger partial charge on any atom is 0.139 e. The predicted molar refractivity (Wildman–Crippen MR) is 55.8 cm³/mol. The molecule has 1 rings (SSSR count). The molecular weight excluding hydrogens is 194 g/mol. The molecule has 0 heterocycles. The van der Waals surface area contributed by atoms with E-state index in [0.717, 1.165) is 16.4 Å². The fourth-order valence-corrected chi connectivity index (χ4v) is 1.13. The van der Waals surface area contributed by atoms with Crippen molar-refractivity contribution in [1.29, 1.82) is 0 Å². The third kappa shape index (κ3) is 3.34. The highest BCUT2D eigenvalue weighted by Gasteiger charge is 2.09. The molecule has 4 heteroatoms. The van der Waals surface area contributed by atoms with E-state index in [-0.39, 0.29) is 0 Å². The van der Waals surface area contributed by atoms with Crippen LogP contribution in [-0.4, -0.2) is 29.7 Å². The standard InChI is InChI=1S/C11H15NO3/c1-9(8-13)12(14)7-10-3-5-11(15-2)6-4-10/h3-6,8-9,14H,7H2,1-2H3/t9-/m0/s1. The largest absolute Gasteiger partial charge is 0.497 e. The highest BCUT2D eigenvalue weighted by Crippen LogP contribution is 2.12. The van der Waals surface area contributed by atoms with E-state index in [1.807, 2.05) is 24.3 Å². The summed E-state index contributed by atoms with van der Waals surface area (Å²) in [5.74, 6) is 0.770. The Hall–Kier alpha value is -1.39. The third-order valence-corrected chi connectivity index (χ3v) is 2.17. The molecule has 0 aliphatic heterocycles. The number of methoxy groups -OCH3 is 1. The minimum absolute atomic E-state index is 0.323. The van der Waals surface area contributed by atoms with E-state index in [0.29, 0.717) is 12.8 Å². The zero-order valence-corrected chi connectivity index (χ0v) is 8.88. The second-order valence-electron chi connectivity index (χ2n) is 3.32. The Labute approximate surface area is 89.0 Å². The first-order valence-corrected chi connectivity index (χ1v) is 4.71. The molecule has 1 aromatic carbocycles. The van der Waals surface area contributed by atoms with Gasteiger partial charge < -0.3 is 14.7 Å². The zero-order chi connectivity index (χ0) is 11.3. The lowest BCUT2D eigenvalue weighted by atomic mass is 10.2. The molecule has 4 nitrogen and oxygen atoms in total. The quantitative estimate of drug-likeness (QED) is 0.589. The highest BCUT2D eigenvalue weighted by molar-refractivity contribution is 5.56. The van der Waals surface area contributed by atoms with Crippen molar-refractivity contribution < 1.29 is 14.7 Å². The number of rotatable bonds is 5. The van der Waals surface area contributed by atoms with Crippen LogP contribution in [0.2, 0.25) is 0 Å². The van der Waals surface area contributed by atoms with Gasteiger partial charge >= 0.3 is 0 Å². The lowest BCUT2D eigenvalue weighted by Crippen LogP contribution is -2.30. The Balaban J connectivity index is 2.60. The Morgan fingerprint density at radius 3 is 2.53 bits per heavy atom. The Bertz CT molecular complexity index is 310. The van der Waals surface area contributed by atoms with Crippen molar-refractivity contribution in [3.8, 4) is 5.75 Å². The van der Waals surface area contributed by atoms with E-state index in [2.05, 4.69) is 0 Å². The summed E-state index contributed by atoms with van der Waals surface area (Å²) in [6.07, 6.45) is 0.698. The predicted octanol–water partition coefficient (Wildman–Crippen LogP) is 1.47. The maximum atomic E-state index is 10.4. The normalized spacial score (nSPS) is 12.5. The van der Waals surface area contributed by atoms with Crippen LogP contribution in [0.4, 0.5) is 0 Å². The van der Waals surface area contributed by atoms with Gasteiger partial charge in [-0.2, -0.15) is 5.06 Å². The van der Waals surface area contributed by atoms with Crippen molar-refractivity contribution in [2.45, 2.75) is 19.5 Å². The van der Waals surface area contributed by atoms with Gasteiger partial charge in [-0.15, -0.1) is 0 Å². The van der Waals surface area contributed by atoms with Crippen LogP contribution in [0.1, 0.15) is 12.5 Å². The molecule has 0 saturated carbocycles. The number of aldehydes is 1. The summed E-state index contributed by atoms with van der Waals surface area (Å²) < 4.78 is 5.01. The fourth-order valence-electron chi connectivity index (χ4n) is 1.13. The second-order valence-corrected chi connectivity index (χ2v) is 3.32. The van der Waals surface area contributed by atoms with Gasteiger partial charge in [-0.05, 0) is 24.6 Å². The summed E-state index contributed by atoms with van der Waals surface area (Å²) in [5.41, 5.74) is 0.923. The van der Waals surface area contributed by atoms with E-state index in [4.69, 9.17) is 4.74 Å². The molecule has 1 N–H and O–H groups in total. The third-order valence-electron chi connectivity index (χ3n) is 2.17. The van der Waals surface area contributed by atoms with E-state index in [9.17, 15) is 10.0 Å². The summed E-state index contributed by atoms with van der Waals surface area (Å²) in [6, 6.07) is 6.83. The molecule has 0 radical (unpaired) electrons. The minimum Gasteiger partial charge on any atom is -0.497 e. The fraction of sp³-hybridized carbons (Fsp3) is 0.364.